The number of nitrogens with one attached hydrogen (secondary N) is 1. The Kier molecular flexibility index (Phi) is 4.58. The van der Waals surface area contributed by atoms with Crippen LogP contribution in [0.4, 0.5) is 5.82 Å². The number of aromatic nitrogens is 5. The molecule has 1 atom stereocenters. The van der Waals surface area contributed by atoms with E-state index < -0.39 is 11.3 Å². The van der Waals surface area contributed by atoms with Crippen molar-refractivity contribution >= 4 is 28.0 Å². The summed E-state index contributed by atoms with van der Waals surface area (Å²) < 4.78 is 23.9. The number of piperazine rings is 1. The van der Waals surface area contributed by atoms with Crippen molar-refractivity contribution in [2.45, 2.75) is 0 Å². The normalized spacial score (nSPS) is 16.4. The van der Waals surface area contributed by atoms with Crippen molar-refractivity contribution in [1.82, 2.24) is 29.3 Å². The maximum atomic E-state index is 11.2. The van der Waals surface area contributed by atoms with Crippen LogP contribution in [0, 0.1) is 0 Å². The van der Waals surface area contributed by atoms with Gasteiger partial charge in [-0.1, -0.05) is 12.1 Å². The largest absolute Gasteiger partial charge is 0.354 e. The predicted molar refractivity (Wildman–Crippen MR) is 111 cm³/mol. The van der Waals surface area contributed by atoms with Gasteiger partial charge in [0.25, 0.3) is 0 Å². The quantitative estimate of drug-likeness (QED) is 0.500. The van der Waals surface area contributed by atoms with Crippen molar-refractivity contribution in [3.63, 3.8) is 0 Å². The van der Waals surface area contributed by atoms with Gasteiger partial charge in [-0.3, -0.25) is 9.65 Å². The lowest BCUT2D eigenvalue weighted by molar-refractivity contribution is 0.372. The number of benzene rings is 1. The van der Waals surface area contributed by atoms with Crippen LogP contribution in [0.3, 0.4) is 0 Å². The Morgan fingerprint density at radius 3 is 2.66 bits per heavy atom. The van der Waals surface area contributed by atoms with Crippen molar-refractivity contribution in [3.05, 3.63) is 55.0 Å². The second-order valence-corrected chi connectivity index (χ2v) is 7.80. The third-order valence-electron chi connectivity index (χ3n) is 5.14. The fourth-order valence-corrected chi connectivity index (χ4v) is 4.07. The van der Waals surface area contributed by atoms with E-state index in [4.69, 9.17) is 0 Å². The number of aromatic amines is 1. The second-order valence-electron chi connectivity index (χ2n) is 6.82. The molecular formula is C19H19N7O2S. The minimum atomic E-state index is -1.92. The molecule has 1 fully saturated rings. The van der Waals surface area contributed by atoms with Crippen LogP contribution in [0.1, 0.15) is 0 Å². The first-order valence-electron chi connectivity index (χ1n) is 9.24. The minimum Gasteiger partial charge on any atom is -0.354 e. The van der Waals surface area contributed by atoms with E-state index in [1.165, 1.54) is 0 Å². The molecule has 1 aliphatic heterocycles. The molecule has 0 amide bonds. The molecule has 1 unspecified atom stereocenters. The summed E-state index contributed by atoms with van der Waals surface area (Å²) in [6.07, 6.45) is 5.35. The first-order chi connectivity index (χ1) is 14.2. The van der Waals surface area contributed by atoms with Crippen molar-refractivity contribution in [3.8, 4) is 16.9 Å². The fourth-order valence-electron chi connectivity index (χ4n) is 3.59. The number of rotatable bonds is 4. The van der Waals surface area contributed by atoms with Gasteiger partial charge in [0.15, 0.2) is 0 Å². The van der Waals surface area contributed by atoms with Gasteiger partial charge in [-0.15, -0.1) is 0 Å². The van der Waals surface area contributed by atoms with Gasteiger partial charge in [0.05, 0.1) is 23.1 Å². The molecule has 4 heterocycles. The molecule has 148 valence electrons. The van der Waals surface area contributed by atoms with E-state index in [9.17, 15) is 8.76 Å². The van der Waals surface area contributed by atoms with Gasteiger partial charge in [-0.2, -0.15) is 14.5 Å². The smallest absolute Gasteiger partial charge is 0.234 e. The molecule has 3 aromatic heterocycles. The SMILES string of the molecule is O=S(O)N1CCN(c2cc(-n3ncc4ccc(-c5ccn[nH]5)cc43)ccn2)CC1. The van der Waals surface area contributed by atoms with Gasteiger partial charge in [0.1, 0.15) is 5.82 Å². The molecule has 0 saturated carbocycles. The first kappa shape index (κ1) is 18.0. The highest BCUT2D eigenvalue weighted by Gasteiger charge is 2.21. The molecule has 29 heavy (non-hydrogen) atoms. The molecule has 2 N–H and O–H groups in total. The summed E-state index contributed by atoms with van der Waals surface area (Å²) in [5.41, 5.74) is 3.91. The van der Waals surface area contributed by atoms with Crippen LogP contribution in [0.25, 0.3) is 27.8 Å². The molecule has 0 radical (unpaired) electrons. The second kappa shape index (κ2) is 7.39. The number of hydrogen-bond acceptors (Lipinski definition) is 5. The van der Waals surface area contributed by atoms with Crippen LogP contribution >= 0.6 is 0 Å². The Bertz CT molecular complexity index is 1170. The molecule has 1 saturated heterocycles. The van der Waals surface area contributed by atoms with E-state index in [-0.39, 0.29) is 0 Å². The molecule has 9 nitrogen and oxygen atoms in total. The summed E-state index contributed by atoms with van der Waals surface area (Å²) in [6, 6.07) is 12.0. The summed E-state index contributed by atoms with van der Waals surface area (Å²) in [5, 5.41) is 12.6. The van der Waals surface area contributed by atoms with Crippen LogP contribution in [0.5, 0.6) is 0 Å². The summed E-state index contributed by atoms with van der Waals surface area (Å²) in [6.45, 7) is 2.33. The zero-order valence-electron chi connectivity index (χ0n) is 15.5. The number of hydrogen-bond donors (Lipinski definition) is 2. The first-order valence-corrected chi connectivity index (χ1v) is 10.3. The summed E-state index contributed by atoms with van der Waals surface area (Å²) in [4.78, 5) is 6.62. The Balaban J connectivity index is 1.47. The van der Waals surface area contributed by atoms with E-state index in [2.05, 4.69) is 31.2 Å². The summed E-state index contributed by atoms with van der Waals surface area (Å²) in [7, 11) is 0. The number of pyridine rings is 1. The third-order valence-corrected chi connectivity index (χ3v) is 5.95. The van der Waals surface area contributed by atoms with E-state index in [1.54, 1.807) is 16.7 Å². The standard InChI is InChI=1S/C19H19N7O2S/c27-29(28)25-9-7-24(8-10-25)19-12-16(3-5-20-19)26-18-11-14(17-4-6-21-23-17)1-2-15(18)13-22-26/h1-6,11-13H,7-10H2,(H,21,23)(H,27,28). The zero-order chi connectivity index (χ0) is 19.8. The Labute approximate surface area is 169 Å². The Morgan fingerprint density at radius 2 is 1.90 bits per heavy atom. The van der Waals surface area contributed by atoms with Crippen LogP contribution in [0.2, 0.25) is 0 Å². The maximum absolute atomic E-state index is 11.2. The van der Waals surface area contributed by atoms with Gasteiger partial charge in [0, 0.05) is 55.6 Å². The molecule has 4 aromatic rings. The van der Waals surface area contributed by atoms with E-state index in [1.807, 2.05) is 41.2 Å². The predicted octanol–water partition coefficient (Wildman–Crippen LogP) is 2.07. The molecule has 0 bridgehead atoms. The molecule has 10 heteroatoms. The van der Waals surface area contributed by atoms with E-state index >= 15 is 0 Å². The van der Waals surface area contributed by atoms with Crippen LogP contribution in [-0.2, 0) is 11.3 Å². The average molecular weight is 409 g/mol. The molecule has 1 aromatic carbocycles. The lowest BCUT2D eigenvalue weighted by Crippen LogP contribution is -2.47. The highest BCUT2D eigenvalue weighted by molar-refractivity contribution is 7.76. The van der Waals surface area contributed by atoms with Gasteiger partial charge >= 0.3 is 0 Å². The van der Waals surface area contributed by atoms with E-state index in [0.717, 1.165) is 33.7 Å². The highest BCUT2D eigenvalue weighted by atomic mass is 32.2. The summed E-state index contributed by atoms with van der Waals surface area (Å²) >= 11 is -1.92. The van der Waals surface area contributed by atoms with Gasteiger partial charge < -0.3 is 4.90 Å². The topological polar surface area (TPSA) is 103 Å². The van der Waals surface area contributed by atoms with Gasteiger partial charge in [-0.25, -0.2) is 13.9 Å². The molecule has 0 spiro atoms. The van der Waals surface area contributed by atoms with Crippen LogP contribution < -0.4 is 4.90 Å². The molecule has 0 aliphatic carbocycles. The lowest BCUT2D eigenvalue weighted by atomic mass is 10.1. The Morgan fingerprint density at radius 1 is 1.03 bits per heavy atom. The number of anilines is 1. The fraction of sp³-hybridized carbons (Fsp3) is 0.211. The molecule has 5 rings (SSSR count). The number of H-pyrrole nitrogens is 1. The zero-order valence-corrected chi connectivity index (χ0v) is 16.3. The molecule has 1 aliphatic rings. The van der Waals surface area contributed by atoms with Crippen molar-refractivity contribution < 1.29 is 8.76 Å². The Hall–Kier alpha value is -3.08. The minimum absolute atomic E-state index is 0.521. The molecular weight excluding hydrogens is 390 g/mol. The average Bonchev–Trinajstić information content (AvgIpc) is 3.43. The van der Waals surface area contributed by atoms with Crippen molar-refractivity contribution in [1.29, 1.82) is 0 Å². The van der Waals surface area contributed by atoms with Crippen molar-refractivity contribution in [2.24, 2.45) is 0 Å². The monoisotopic (exact) mass is 409 g/mol. The lowest BCUT2D eigenvalue weighted by Gasteiger charge is -2.33. The van der Waals surface area contributed by atoms with E-state index in [0.29, 0.717) is 26.2 Å². The maximum Gasteiger partial charge on any atom is 0.234 e. The van der Waals surface area contributed by atoms with Gasteiger partial charge in [0.2, 0.25) is 11.3 Å². The van der Waals surface area contributed by atoms with Crippen LogP contribution in [0.15, 0.2) is 55.0 Å². The number of fused-ring (bicyclic) bond motifs is 1. The summed E-state index contributed by atoms with van der Waals surface area (Å²) in [5.74, 6) is 0.833. The number of nitrogens with zero attached hydrogens (tertiary/aromatic N) is 6. The van der Waals surface area contributed by atoms with Crippen molar-refractivity contribution in [2.75, 3.05) is 31.1 Å². The highest BCUT2D eigenvalue weighted by Crippen LogP contribution is 2.26. The third kappa shape index (κ3) is 3.41. The van der Waals surface area contributed by atoms with Gasteiger partial charge in [-0.05, 0) is 18.2 Å². The van der Waals surface area contributed by atoms with Crippen LogP contribution in [-0.4, -0.2) is 64.2 Å².